The van der Waals surface area contributed by atoms with Gasteiger partial charge < -0.3 is 4.74 Å². The van der Waals surface area contributed by atoms with Crippen LogP contribution in [0.1, 0.15) is 59.8 Å². The Morgan fingerprint density at radius 3 is 2.86 bits per heavy atom. The standard InChI is InChI=1S/C20H30O2/c1-12(2)6-5-7-13(3)15-9-8-14(4)16-10-17(16)18-11-22-20(21)19(15)18/h6,13-17H,5,7-11H2,1-4H3. The Labute approximate surface area is 135 Å². The lowest BCUT2D eigenvalue weighted by molar-refractivity contribution is -0.136. The van der Waals surface area contributed by atoms with E-state index < -0.39 is 0 Å². The highest BCUT2D eigenvalue weighted by atomic mass is 16.5. The van der Waals surface area contributed by atoms with Crippen LogP contribution < -0.4 is 0 Å². The summed E-state index contributed by atoms with van der Waals surface area (Å²) in [5.74, 6) is 3.26. The number of allylic oxidation sites excluding steroid dienone is 2. The molecule has 0 amide bonds. The van der Waals surface area contributed by atoms with Gasteiger partial charge in [0, 0.05) is 5.57 Å². The first-order chi connectivity index (χ1) is 10.5. The van der Waals surface area contributed by atoms with Crippen molar-refractivity contribution in [3.8, 4) is 0 Å². The first-order valence-corrected chi connectivity index (χ1v) is 9.02. The van der Waals surface area contributed by atoms with Crippen LogP contribution in [-0.2, 0) is 9.53 Å². The third-order valence-corrected chi connectivity index (χ3v) is 6.11. The Bertz CT molecular complexity index is 510. The molecule has 122 valence electrons. The molecule has 3 aliphatic rings. The van der Waals surface area contributed by atoms with Gasteiger partial charge in [0.15, 0.2) is 0 Å². The van der Waals surface area contributed by atoms with Crippen LogP contribution in [-0.4, -0.2) is 12.6 Å². The summed E-state index contributed by atoms with van der Waals surface area (Å²) in [4.78, 5) is 12.3. The fourth-order valence-corrected chi connectivity index (χ4v) is 4.58. The maximum atomic E-state index is 12.3. The normalized spacial score (nSPS) is 35.0. The van der Waals surface area contributed by atoms with Crippen molar-refractivity contribution in [2.45, 2.75) is 59.8 Å². The summed E-state index contributed by atoms with van der Waals surface area (Å²) >= 11 is 0. The number of cyclic esters (lactones) is 1. The smallest absolute Gasteiger partial charge is 0.334 e. The fourth-order valence-electron chi connectivity index (χ4n) is 4.58. The van der Waals surface area contributed by atoms with Crippen LogP contribution in [0.5, 0.6) is 0 Å². The molecule has 0 spiro atoms. The maximum Gasteiger partial charge on any atom is 0.334 e. The predicted molar refractivity (Wildman–Crippen MR) is 89.3 cm³/mol. The monoisotopic (exact) mass is 302 g/mol. The Kier molecular flexibility index (Phi) is 4.47. The molecule has 1 saturated carbocycles. The second-order valence-corrected chi connectivity index (χ2v) is 8.02. The van der Waals surface area contributed by atoms with E-state index >= 15 is 0 Å². The summed E-state index contributed by atoms with van der Waals surface area (Å²) in [6, 6.07) is 0. The zero-order valence-corrected chi connectivity index (χ0v) is 14.5. The van der Waals surface area contributed by atoms with Gasteiger partial charge in [0.1, 0.15) is 6.61 Å². The summed E-state index contributed by atoms with van der Waals surface area (Å²) in [7, 11) is 0. The van der Waals surface area contributed by atoms with E-state index in [1.54, 1.807) is 0 Å². The number of carbonyl (C=O) groups excluding carboxylic acids is 1. The molecule has 5 unspecified atom stereocenters. The summed E-state index contributed by atoms with van der Waals surface area (Å²) in [5.41, 5.74) is 3.85. The molecular formula is C20H30O2. The molecule has 0 saturated heterocycles. The highest BCUT2D eigenvalue weighted by Crippen LogP contribution is 2.55. The number of hydrogen-bond acceptors (Lipinski definition) is 2. The van der Waals surface area contributed by atoms with Crippen LogP contribution in [0.15, 0.2) is 22.8 Å². The second kappa shape index (κ2) is 6.22. The van der Waals surface area contributed by atoms with Gasteiger partial charge in [-0.1, -0.05) is 25.5 Å². The van der Waals surface area contributed by atoms with Crippen molar-refractivity contribution in [3.63, 3.8) is 0 Å². The number of fused-ring (bicyclic) bond motifs is 2. The van der Waals surface area contributed by atoms with Crippen molar-refractivity contribution in [2.24, 2.45) is 29.6 Å². The Morgan fingerprint density at radius 2 is 2.14 bits per heavy atom. The molecule has 1 fully saturated rings. The molecule has 2 aliphatic carbocycles. The van der Waals surface area contributed by atoms with Gasteiger partial charge in [-0.2, -0.15) is 0 Å². The average molecular weight is 302 g/mol. The van der Waals surface area contributed by atoms with Crippen molar-refractivity contribution < 1.29 is 9.53 Å². The lowest BCUT2D eigenvalue weighted by atomic mass is 9.75. The van der Waals surface area contributed by atoms with Crippen LogP contribution in [0.2, 0.25) is 0 Å². The van der Waals surface area contributed by atoms with Crippen molar-refractivity contribution in [2.75, 3.05) is 6.61 Å². The van der Waals surface area contributed by atoms with Gasteiger partial charge >= 0.3 is 5.97 Å². The van der Waals surface area contributed by atoms with E-state index in [2.05, 4.69) is 33.8 Å². The van der Waals surface area contributed by atoms with E-state index in [4.69, 9.17) is 4.74 Å². The average Bonchev–Trinajstić information content (AvgIpc) is 3.15. The van der Waals surface area contributed by atoms with Crippen LogP contribution in [0.25, 0.3) is 0 Å². The van der Waals surface area contributed by atoms with Crippen LogP contribution >= 0.6 is 0 Å². The zero-order valence-electron chi connectivity index (χ0n) is 14.5. The quantitative estimate of drug-likeness (QED) is 0.545. The van der Waals surface area contributed by atoms with E-state index in [9.17, 15) is 4.79 Å². The topological polar surface area (TPSA) is 26.3 Å². The minimum absolute atomic E-state index is 0.00531. The molecule has 1 heterocycles. The Hall–Kier alpha value is -1.05. The van der Waals surface area contributed by atoms with Crippen molar-refractivity contribution >= 4 is 5.97 Å². The second-order valence-electron chi connectivity index (χ2n) is 8.02. The predicted octanol–water partition coefficient (Wildman–Crippen LogP) is 4.90. The Balaban J connectivity index is 1.79. The largest absolute Gasteiger partial charge is 0.458 e. The Morgan fingerprint density at radius 1 is 1.36 bits per heavy atom. The molecule has 0 aromatic carbocycles. The molecule has 22 heavy (non-hydrogen) atoms. The maximum absolute atomic E-state index is 12.3. The van der Waals surface area contributed by atoms with Crippen molar-refractivity contribution in [1.82, 2.24) is 0 Å². The van der Waals surface area contributed by atoms with Gasteiger partial charge in [0.25, 0.3) is 0 Å². The number of ether oxygens (including phenoxy) is 1. The zero-order chi connectivity index (χ0) is 15.9. The summed E-state index contributed by atoms with van der Waals surface area (Å²) < 4.78 is 5.44. The van der Waals surface area contributed by atoms with Gasteiger partial charge in [0.2, 0.25) is 0 Å². The van der Waals surface area contributed by atoms with E-state index in [1.165, 1.54) is 30.4 Å². The SMILES string of the molecule is CC(C)=CCCC(C)C1CCC(C)C2CC2C2=C1C(=O)OC2. The first kappa shape index (κ1) is 15.8. The lowest BCUT2D eigenvalue weighted by Crippen LogP contribution is -2.22. The number of esters is 1. The molecule has 1 aliphatic heterocycles. The summed E-state index contributed by atoms with van der Waals surface area (Å²) in [5, 5.41) is 0. The van der Waals surface area contributed by atoms with Gasteiger partial charge in [-0.3, -0.25) is 0 Å². The number of carbonyl (C=O) groups is 1. The summed E-state index contributed by atoms with van der Waals surface area (Å²) in [6.45, 7) is 9.63. The van der Waals surface area contributed by atoms with Crippen molar-refractivity contribution in [1.29, 1.82) is 0 Å². The van der Waals surface area contributed by atoms with Gasteiger partial charge in [-0.15, -0.1) is 0 Å². The van der Waals surface area contributed by atoms with Crippen LogP contribution in [0.4, 0.5) is 0 Å². The molecule has 3 rings (SSSR count). The van der Waals surface area contributed by atoms with E-state index in [0.717, 1.165) is 30.3 Å². The molecule has 0 N–H and O–H groups in total. The van der Waals surface area contributed by atoms with E-state index in [1.807, 2.05) is 0 Å². The third kappa shape index (κ3) is 3.02. The third-order valence-electron chi connectivity index (χ3n) is 6.11. The van der Waals surface area contributed by atoms with Gasteiger partial charge in [-0.25, -0.2) is 4.79 Å². The highest BCUT2D eigenvalue weighted by molar-refractivity contribution is 5.92. The molecule has 2 heteroatoms. The molecule has 0 radical (unpaired) electrons. The molecule has 2 nitrogen and oxygen atoms in total. The van der Waals surface area contributed by atoms with E-state index in [-0.39, 0.29) is 5.97 Å². The molecule has 0 aromatic heterocycles. The van der Waals surface area contributed by atoms with Crippen LogP contribution in [0, 0.1) is 29.6 Å². The summed E-state index contributed by atoms with van der Waals surface area (Å²) in [6.07, 6.45) is 8.33. The highest BCUT2D eigenvalue weighted by Gasteiger charge is 2.49. The van der Waals surface area contributed by atoms with Gasteiger partial charge in [-0.05, 0) is 81.1 Å². The molecule has 0 aromatic rings. The molecule has 0 bridgehead atoms. The minimum Gasteiger partial charge on any atom is -0.458 e. The van der Waals surface area contributed by atoms with Crippen molar-refractivity contribution in [3.05, 3.63) is 22.8 Å². The fraction of sp³-hybridized carbons (Fsp3) is 0.750. The van der Waals surface area contributed by atoms with Crippen LogP contribution in [0.3, 0.4) is 0 Å². The number of hydrogen-bond donors (Lipinski definition) is 0. The first-order valence-electron chi connectivity index (χ1n) is 9.02. The molecule has 5 atom stereocenters. The molecular weight excluding hydrogens is 272 g/mol. The minimum atomic E-state index is -0.00531. The lowest BCUT2D eigenvalue weighted by Gasteiger charge is -2.28. The van der Waals surface area contributed by atoms with Gasteiger partial charge in [0.05, 0.1) is 0 Å². The number of rotatable bonds is 4. The van der Waals surface area contributed by atoms with E-state index in [0.29, 0.717) is 24.4 Å².